The number of rotatable bonds is 3. The van der Waals surface area contributed by atoms with E-state index in [0.717, 1.165) is 13.3 Å². The molecule has 0 saturated heterocycles. The third-order valence-electron chi connectivity index (χ3n) is 1.65. The molecule has 0 aliphatic heterocycles. The molecule has 0 atom stereocenters. The molecular weight excluding hydrogens is 199 g/mol. The summed E-state index contributed by atoms with van der Waals surface area (Å²) in [6, 6.07) is 0. The van der Waals surface area contributed by atoms with Crippen LogP contribution in [0.15, 0.2) is 6.20 Å². The molecule has 78 valence electrons. The van der Waals surface area contributed by atoms with Crippen LogP contribution in [0, 0.1) is 5.82 Å². The maximum atomic E-state index is 13.2. The Hall–Kier alpha value is -1.30. The highest BCUT2D eigenvalue weighted by atomic mass is 19.3. The van der Waals surface area contributed by atoms with E-state index in [0.29, 0.717) is 0 Å². The van der Waals surface area contributed by atoms with E-state index < -0.39 is 30.3 Å². The van der Waals surface area contributed by atoms with Crippen LogP contribution in [-0.4, -0.2) is 17.2 Å². The number of aliphatic hydroxyl groups is 1. The van der Waals surface area contributed by atoms with Crippen molar-refractivity contribution in [3.63, 3.8) is 0 Å². The van der Waals surface area contributed by atoms with Crippen molar-refractivity contribution < 1.29 is 23.0 Å². The van der Waals surface area contributed by atoms with E-state index in [2.05, 4.69) is 9.72 Å². The minimum absolute atomic E-state index is 0.175. The third kappa shape index (κ3) is 1.79. The fourth-order valence-corrected chi connectivity index (χ4v) is 0.981. The molecule has 0 radical (unpaired) electrons. The highest BCUT2D eigenvalue weighted by molar-refractivity contribution is 5.34. The summed E-state index contributed by atoms with van der Waals surface area (Å²) in [5, 5.41) is 8.64. The molecular formula is C8H8F3NO2. The molecule has 0 saturated carbocycles. The lowest BCUT2D eigenvalue weighted by Gasteiger charge is -2.09. The van der Waals surface area contributed by atoms with Gasteiger partial charge in [0.25, 0.3) is 6.43 Å². The molecule has 0 amide bonds. The Kier molecular flexibility index (Phi) is 3.29. The first-order valence-corrected chi connectivity index (χ1v) is 3.72. The largest absolute Gasteiger partial charge is 0.492 e. The van der Waals surface area contributed by atoms with Crippen LogP contribution in [0.4, 0.5) is 13.2 Å². The second-order valence-electron chi connectivity index (χ2n) is 2.47. The standard InChI is InChI=1S/C8H8F3NO2/c1-14-7-5(9)4(3-13)2-12-6(7)8(10)11/h2,8,13H,3H2,1H3. The first-order chi connectivity index (χ1) is 6.61. The smallest absolute Gasteiger partial charge is 0.284 e. The first kappa shape index (κ1) is 10.8. The number of nitrogens with zero attached hydrogens (tertiary/aromatic N) is 1. The minimum atomic E-state index is -2.91. The number of aromatic nitrogens is 1. The van der Waals surface area contributed by atoms with Gasteiger partial charge >= 0.3 is 0 Å². The maximum absolute atomic E-state index is 13.2. The van der Waals surface area contributed by atoms with Gasteiger partial charge in [0.05, 0.1) is 13.7 Å². The van der Waals surface area contributed by atoms with E-state index in [-0.39, 0.29) is 5.56 Å². The summed E-state index contributed by atoms with van der Waals surface area (Å²) in [7, 11) is 1.06. The van der Waals surface area contributed by atoms with Crippen LogP contribution in [-0.2, 0) is 6.61 Å². The average molecular weight is 207 g/mol. The van der Waals surface area contributed by atoms with Crippen molar-refractivity contribution in [1.29, 1.82) is 0 Å². The molecule has 0 aliphatic rings. The summed E-state index contributed by atoms with van der Waals surface area (Å²) >= 11 is 0. The summed E-state index contributed by atoms with van der Waals surface area (Å²) in [6.07, 6.45) is -2.05. The van der Waals surface area contributed by atoms with Gasteiger partial charge in [-0.2, -0.15) is 0 Å². The van der Waals surface area contributed by atoms with Gasteiger partial charge in [0.15, 0.2) is 17.3 Å². The molecule has 1 aromatic heterocycles. The monoisotopic (exact) mass is 207 g/mol. The molecule has 6 heteroatoms. The third-order valence-corrected chi connectivity index (χ3v) is 1.65. The zero-order valence-electron chi connectivity index (χ0n) is 7.30. The Morgan fingerprint density at radius 2 is 2.21 bits per heavy atom. The summed E-state index contributed by atoms with van der Waals surface area (Å²) in [5.41, 5.74) is -0.937. The van der Waals surface area contributed by atoms with Crippen LogP contribution in [0.25, 0.3) is 0 Å². The Morgan fingerprint density at radius 3 is 2.64 bits per heavy atom. The Morgan fingerprint density at radius 1 is 1.57 bits per heavy atom. The lowest BCUT2D eigenvalue weighted by atomic mass is 10.2. The van der Waals surface area contributed by atoms with E-state index in [1.807, 2.05) is 0 Å². The van der Waals surface area contributed by atoms with Gasteiger partial charge in [0.1, 0.15) is 0 Å². The van der Waals surface area contributed by atoms with E-state index >= 15 is 0 Å². The van der Waals surface area contributed by atoms with Crippen LogP contribution >= 0.6 is 0 Å². The molecule has 14 heavy (non-hydrogen) atoms. The first-order valence-electron chi connectivity index (χ1n) is 3.72. The molecule has 0 aliphatic carbocycles. The van der Waals surface area contributed by atoms with E-state index in [9.17, 15) is 13.2 Å². The molecule has 1 rings (SSSR count). The predicted octanol–water partition coefficient (Wildman–Crippen LogP) is 1.66. The van der Waals surface area contributed by atoms with Crippen molar-refractivity contribution in [2.75, 3.05) is 7.11 Å². The fraction of sp³-hybridized carbons (Fsp3) is 0.375. The number of hydrogen-bond acceptors (Lipinski definition) is 3. The average Bonchev–Trinajstić information content (AvgIpc) is 2.17. The van der Waals surface area contributed by atoms with Gasteiger partial charge in [-0.25, -0.2) is 13.2 Å². The van der Waals surface area contributed by atoms with Gasteiger partial charge in [0, 0.05) is 11.8 Å². The molecule has 0 unspecified atom stereocenters. The number of pyridine rings is 1. The second kappa shape index (κ2) is 4.28. The van der Waals surface area contributed by atoms with Crippen LogP contribution in [0.1, 0.15) is 17.7 Å². The second-order valence-corrected chi connectivity index (χ2v) is 2.47. The van der Waals surface area contributed by atoms with Gasteiger partial charge < -0.3 is 9.84 Å². The van der Waals surface area contributed by atoms with Crippen LogP contribution < -0.4 is 4.74 Å². The predicted molar refractivity (Wildman–Crippen MR) is 41.6 cm³/mol. The molecule has 1 N–H and O–H groups in total. The molecule has 1 aromatic rings. The zero-order chi connectivity index (χ0) is 10.7. The van der Waals surface area contributed by atoms with Crippen molar-refractivity contribution in [2.45, 2.75) is 13.0 Å². The molecule has 0 spiro atoms. The number of aliphatic hydroxyl groups excluding tert-OH is 1. The summed E-state index contributed by atoms with van der Waals surface area (Å²) in [5.74, 6) is -1.62. The normalized spacial score (nSPS) is 10.7. The highest BCUT2D eigenvalue weighted by Crippen LogP contribution is 2.30. The van der Waals surface area contributed by atoms with Gasteiger partial charge in [0.2, 0.25) is 0 Å². The number of alkyl halides is 2. The van der Waals surface area contributed by atoms with Crippen molar-refractivity contribution >= 4 is 0 Å². The van der Waals surface area contributed by atoms with Crippen LogP contribution in [0.3, 0.4) is 0 Å². The lowest BCUT2D eigenvalue weighted by Crippen LogP contribution is -2.03. The molecule has 3 nitrogen and oxygen atoms in total. The summed E-state index contributed by atoms with van der Waals surface area (Å²) in [4.78, 5) is 3.31. The van der Waals surface area contributed by atoms with Gasteiger partial charge in [-0.3, -0.25) is 4.98 Å². The van der Waals surface area contributed by atoms with Crippen molar-refractivity contribution in [2.24, 2.45) is 0 Å². The van der Waals surface area contributed by atoms with E-state index in [1.54, 1.807) is 0 Å². The molecule has 0 bridgehead atoms. The van der Waals surface area contributed by atoms with Crippen LogP contribution in [0.2, 0.25) is 0 Å². The molecule has 0 aromatic carbocycles. The molecule has 1 heterocycles. The van der Waals surface area contributed by atoms with Gasteiger partial charge in [-0.15, -0.1) is 0 Å². The Bertz CT molecular complexity index is 331. The number of ether oxygens (including phenoxy) is 1. The number of methoxy groups -OCH3 is 1. The quantitative estimate of drug-likeness (QED) is 0.819. The number of halogens is 3. The topological polar surface area (TPSA) is 42.4 Å². The van der Waals surface area contributed by atoms with Crippen molar-refractivity contribution in [3.05, 3.63) is 23.3 Å². The SMILES string of the molecule is COc1c(C(F)F)ncc(CO)c1F. The van der Waals surface area contributed by atoms with Crippen molar-refractivity contribution in [3.8, 4) is 5.75 Å². The van der Waals surface area contributed by atoms with Gasteiger partial charge in [-0.1, -0.05) is 0 Å². The minimum Gasteiger partial charge on any atom is -0.492 e. The lowest BCUT2D eigenvalue weighted by molar-refractivity contribution is 0.139. The summed E-state index contributed by atoms with van der Waals surface area (Å²) < 4.78 is 42.2. The molecule has 0 fully saturated rings. The van der Waals surface area contributed by atoms with Crippen LogP contribution in [0.5, 0.6) is 5.75 Å². The Labute approximate surface area is 78.2 Å². The maximum Gasteiger partial charge on any atom is 0.284 e. The number of hydrogen-bond donors (Lipinski definition) is 1. The summed E-state index contributed by atoms with van der Waals surface area (Å²) in [6.45, 7) is -0.612. The van der Waals surface area contributed by atoms with Gasteiger partial charge in [-0.05, 0) is 0 Å². The fourth-order valence-electron chi connectivity index (χ4n) is 0.981. The Balaban J connectivity index is 3.28. The van der Waals surface area contributed by atoms with Crippen molar-refractivity contribution in [1.82, 2.24) is 4.98 Å². The van der Waals surface area contributed by atoms with E-state index in [4.69, 9.17) is 5.11 Å². The highest BCUT2D eigenvalue weighted by Gasteiger charge is 2.21. The van der Waals surface area contributed by atoms with E-state index in [1.165, 1.54) is 0 Å². The zero-order valence-corrected chi connectivity index (χ0v) is 7.30.